The molecule has 41 heavy (non-hydrogen) atoms. The van der Waals surface area contributed by atoms with E-state index in [0.717, 1.165) is 45.8 Å². The zero-order valence-electron chi connectivity index (χ0n) is 22.3. The van der Waals surface area contributed by atoms with Crippen LogP contribution in [0, 0.1) is 11.3 Å². The van der Waals surface area contributed by atoms with E-state index in [1.165, 1.54) is 10.8 Å². The minimum Gasteiger partial charge on any atom is -0.445 e. The number of carbonyl (C=O) groups excluding carboxylic acids is 1. The van der Waals surface area contributed by atoms with Gasteiger partial charge in [0.2, 0.25) is 5.28 Å². The van der Waals surface area contributed by atoms with Crippen molar-refractivity contribution in [1.82, 2.24) is 14.9 Å². The Hall–Kier alpha value is -3.87. The van der Waals surface area contributed by atoms with Crippen LogP contribution in [-0.4, -0.2) is 53.2 Å². The van der Waals surface area contributed by atoms with Gasteiger partial charge in [-0.1, -0.05) is 70.5 Å². The fraction of sp³-hybridized carbons (Fsp3) is 0.290. The van der Waals surface area contributed by atoms with E-state index in [1.54, 1.807) is 4.90 Å². The average molecular weight is 632 g/mol. The molecule has 0 aliphatic carbocycles. The van der Waals surface area contributed by atoms with Crippen LogP contribution in [0.15, 0.2) is 71.2 Å². The Morgan fingerprint density at radius 3 is 2.63 bits per heavy atom. The third-order valence-electron chi connectivity index (χ3n) is 7.74. The molecule has 3 aromatic carbocycles. The maximum Gasteiger partial charge on any atom is 0.410 e. The number of fused-ring (bicyclic) bond motifs is 2. The monoisotopic (exact) mass is 630 g/mol. The highest BCUT2D eigenvalue weighted by Gasteiger charge is 2.34. The summed E-state index contributed by atoms with van der Waals surface area (Å²) in [5.74, 6) is 0.791. The van der Waals surface area contributed by atoms with Crippen molar-refractivity contribution < 1.29 is 9.53 Å². The second-order valence-corrected chi connectivity index (χ2v) is 11.4. The van der Waals surface area contributed by atoms with Crippen LogP contribution in [0.4, 0.5) is 16.3 Å². The summed E-state index contributed by atoms with van der Waals surface area (Å²) in [5, 5.41) is 12.1. The molecule has 3 heterocycles. The molecule has 4 aromatic rings. The maximum absolute atomic E-state index is 13.0. The van der Waals surface area contributed by atoms with Gasteiger partial charge in [0.15, 0.2) is 0 Å². The van der Waals surface area contributed by atoms with Crippen molar-refractivity contribution >= 4 is 55.9 Å². The largest absolute Gasteiger partial charge is 0.445 e. The van der Waals surface area contributed by atoms with Crippen LogP contribution in [0.25, 0.3) is 10.8 Å². The zero-order chi connectivity index (χ0) is 28.3. The maximum atomic E-state index is 13.0. The molecule has 8 nitrogen and oxygen atoms in total. The fourth-order valence-corrected chi connectivity index (χ4v) is 6.53. The van der Waals surface area contributed by atoms with Crippen molar-refractivity contribution in [2.24, 2.45) is 0 Å². The molecule has 2 aliphatic heterocycles. The number of benzene rings is 3. The number of nitrogens with zero attached hydrogens (tertiary/aromatic N) is 6. The summed E-state index contributed by atoms with van der Waals surface area (Å²) in [4.78, 5) is 28.4. The summed E-state index contributed by atoms with van der Waals surface area (Å²) in [6.07, 6.45) is 0.542. The van der Waals surface area contributed by atoms with Crippen LogP contribution in [-0.2, 0) is 24.3 Å². The summed E-state index contributed by atoms with van der Waals surface area (Å²) >= 11 is 10.2. The number of hydrogen-bond donors (Lipinski definition) is 0. The molecule has 1 fully saturated rings. The molecule has 208 valence electrons. The molecule has 1 atom stereocenters. The summed E-state index contributed by atoms with van der Waals surface area (Å²) in [7, 11) is 0. The molecule has 2 aliphatic rings. The Morgan fingerprint density at radius 2 is 1.83 bits per heavy atom. The van der Waals surface area contributed by atoms with Gasteiger partial charge in [0.25, 0.3) is 0 Å². The fourth-order valence-electron chi connectivity index (χ4n) is 5.76. The number of carbonyl (C=O) groups is 1. The number of amides is 1. The van der Waals surface area contributed by atoms with Gasteiger partial charge in [-0.25, -0.2) is 14.8 Å². The van der Waals surface area contributed by atoms with E-state index in [4.69, 9.17) is 16.3 Å². The minimum absolute atomic E-state index is 0.192. The molecule has 0 N–H and O–H groups in total. The third-order valence-corrected chi connectivity index (χ3v) is 8.57. The predicted octanol–water partition coefficient (Wildman–Crippen LogP) is 6.35. The van der Waals surface area contributed by atoms with Crippen molar-refractivity contribution in [2.75, 3.05) is 36.0 Å². The molecule has 0 saturated carbocycles. The van der Waals surface area contributed by atoms with E-state index in [2.05, 4.69) is 72.1 Å². The summed E-state index contributed by atoms with van der Waals surface area (Å²) in [5.41, 5.74) is 4.04. The Bertz CT molecular complexity index is 1620. The van der Waals surface area contributed by atoms with E-state index in [-0.39, 0.29) is 24.4 Å². The molecular weight excluding hydrogens is 604 g/mol. The molecular formula is C31H28BrClN6O2. The van der Waals surface area contributed by atoms with Crippen molar-refractivity contribution in [1.29, 1.82) is 5.26 Å². The average Bonchev–Trinajstić information content (AvgIpc) is 2.99. The number of ether oxygens (including phenoxy) is 1. The van der Waals surface area contributed by atoms with Crippen molar-refractivity contribution in [3.63, 3.8) is 0 Å². The van der Waals surface area contributed by atoms with E-state index in [0.29, 0.717) is 26.2 Å². The Balaban J connectivity index is 1.22. The van der Waals surface area contributed by atoms with Crippen LogP contribution in [0.5, 0.6) is 0 Å². The number of halogens is 2. The topological polar surface area (TPSA) is 85.6 Å². The molecule has 0 unspecified atom stereocenters. The molecule has 1 saturated heterocycles. The Kier molecular flexibility index (Phi) is 7.95. The van der Waals surface area contributed by atoms with Gasteiger partial charge in [0.05, 0.1) is 30.8 Å². The van der Waals surface area contributed by atoms with Gasteiger partial charge in [-0.15, -0.1) is 0 Å². The lowest BCUT2D eigenvalue weighted by atomic mass is 10.0. The van der Waals surface area contributed by atoms with Gasteiger partial charge in [-0.05, 0) is 41.1 Å². The van der Waals surface area contributed by atoms with E-state index in [1.807, 2.05) is 36.4 Å². The lowest BCUT2D eigenvalue weighted by molar-refractivity contribution is 0.0768. The van der Waals surface area contributed by atoms with Crippen molar-refractivity contribution in [3.8, 4) is 6.07 Å². The minimum atomic E-state index is -0.409. The first-order valence-electron chi connectivity index (χ1n) is 13.6. The van der Waals surface area contributed by atoms with E-state index < -0.39 is 6.09 Å². The smallest absolute Gasteiger partial charge is 0.410 e. The Labute approximate surface area is 252 Å². The van der Waals surface area contributed by atoms with Crippen LogP contribution < -0.4 is 9.80 Å². The van der Waals surface area contributed by atoms with E-state index in [9.17, 15) is 10.1 Å². The number of nitriles is 1. The predicted molar refractivity (Wildman–Crippen MR) is 163 cm³/mol. The van der Waals surface area contributed by atoms with Gasteiger partial charge < -0.3 is 19.4 Å². The van der Waals surface area contributed by atoms with Crippen LogP contribution in [0.3, 0.4) is 0 Å². The van der Waals surface area contributed by atoms with Crippen LogP contribution in [0.2, 0.25) is 5.28 Å². The van der Waals surface area contributed by atoms with Gasteiger partial charge in [-0.3, -0.25) is 0 Å². The highest BCUT2D eigenvalue weighted by molar-refractivity contribution is 9.10. The van der Waals surface area contributed by atoms with Crippen LogP contribution >= 0.6 is 27.5 Å². The number of piperazine rings is 1. The van der Waals surface area contributed by atoms with Gasteiger partial charge in [-0.2, -0.15) is 5.26 Å². The first-order chi connectivity index (χ1) is 20.0. The SMILES string of the molecule is N#CC[C@H]1CN(c2nc(Cl)nc3c2CCN(c2cccc4cccc(Br)c24)C3)CCN1C(=O)OCc1ccccc1. The first-order valence-corrected chi connectivity index (χ1v) is 14.8. The number of anilines is 2. The molecule has 0 radical (unpaired) electrons. The number of rotatable bonds is 5. The standard InChI is InChI=1S/C31H28BrClN6O2/c32-25-10-4-8-22-9-5-11-27(28(22)25)37-15-13-24-26(19-37)35-30(33)36-29(24)38-16-17-39(23(18-38)12-14-34)31(40)41-20-21-6-2-1-3-7-21/h1-11,23H,12-13,15-20H2/t23-/m0/s1. The highest BCUT2D eigenvalue weighted by atomic mass is 79.9. The van der Waals surface area contributed by atoms with Gasteiger partial charge in [0, 0.05) is 47.3 Å². The normalized spacial score (nSPS) is 16.8. The Morgan fingerprint density at radius 1 is 1.02 bits per heavy atom. The molecule has 1 amide bonds. The first kappa shape index (κ1) is 27.3. The highest BCUT2D eigenvalue weighted by Crippen LogP contribution is 2.37. The molecule has 6 rings (SSSR count). The zero-order valence-corrected chi connectivity index (χ0v) is 24.7. The van der Waals surface area contributed by atoms with Crippen molar-refractivity contribution in [2.45, 2.75) is 32.0 Å². The number of hydrogen-bond acceptors (Lipinski definition) is 7. The molecule has 1 aromatic heterocycles. The second-order valence-electron chi connectivity index (χ2n) is 10.2. The van der Waals surface area contributed by atoms with E-state index >= 15 is 0 Å². The lowest BCUT2D eigenvalue weighted by Crippen LogP contribution is -2.55. The third kappa shape index (κ3) is 5.67. The van der Waals surface area contributed by atoms with Gasteiger partial charge in [0.1, 0.15) is 12.4 Å². The van der Waals surface area contributed by atoms with Crippen molar-refractivity contribution in [3.05, 3.63) is 93.3 Å². The van der Waals surface area contributed by atoms with Crippen LogP contribution in [0.1, 0.15) is 23.2 Å². The second kappa shape index (κ2) is 11.9. The summed E-state index contributed by atoms with van der Waals surface area (Å²) in [6.45, 7) is 3.05. The van der Waals surface area contributed by atoms with Gasteiger partial charge >= 0.3 is 6.09 Å². The quantitative estimate of drug-likeness (QED) is 0.237. The number of aromatic nitrogens is 2. The lowest BCUT2D eigenvalue weighted by Gasteiger charge is -2.41. The molecule has 10 heteroatoms. The summed E-state index contributed by atoms with van der Waals surface area (Å²) in [6, 6.07) is 24.1. The molecule has 0 bridgehead atoms. The summed E-state index contributed by atoms with van der Waals surface area (Å²) < 4.78 is 6.65. The molecule has 0 spiro atoms.